The standard InChI is InChI=1S/C13H14F3N3O/c1-2-12(20,7-19-9-17-8-18-19)10-3-5-11(6-4-10)13(14,15)16/h3-6,8-9,20H,2,7H2,1H3. The zero-order valence-electron chi connectivity index (χ0n) is 10.8. The van der Waals surface area contributed by atoms with Crippen molar-refractivity contribution in [3.05, 3.63) is 48.0 Å². The number of hydrogen-bond acceptors (Lipinski definition) is 3. The molecule has 1 heterocycles. The van der Waals surface area contributed by atoms with Gasteiger partial charge in [-0.05, 0) is 24.1 Å². The number of aliphatic hydroxyl groups is 1. The second-order valence-corrected chi connectivity index (χ2v) is 4.55. The predicted octanol–water partition coefficient (Wildman–Crippen LogP) is 2.59. The zero-order valence-corrected chi connectivity index (χ0v) is 10.8. The molecule has 108 valence electrons. The molecule has 20 heavy (non-hydrogen) atoms. The Bertz CT molecular complexity index is 551. The summed E-state index contributed by atoms with van der Waals surface area (Å²) in [5.74, 6) is 0. The molecule has 0 radical (unpaired) electrons. The van der Waals surface area contributed by atoms with Crippen LogP contribution in [0.5, 0.6) is 0 Å². The van der Waals surface area contributed by atoms with Crippen molar-refractivity contribution in [2.75, 3.05) is 0 Å². The molecule has 0 saturated carbocycles. The lowest BCUT2D eigenvalue weighted by Crippen LogP contribution is -2.31. The predicted molar refractivity (Wildman–Crippen MR) is 65.7 cm³/mol. The van der Waals surface area contributed by atoms with Gasteiger partial charge >= 0.3 is 6.18 Å². The molecule has 1 atom stereocenters. The van der Waals surface area contributed by atoms with Gasteiger partial charge in [-0.3, -0.25) is 0 Å². The maximum absolute atomic E-state index is 12.5. The van der Waals surface area contributed by atoms with E-state index in [1.807, 2.05) is 0 Å². The smallest absolute Gasteiger partial charge is 0.383 e. The van der Waals surface area contributed by atoms with E-state index in [0.29, 0.717) is 12.0 Å². The van der Waals surface area contributed by atoms with Crippen LogP contribution in [0.1, 0.15) is 24.5 Å². The molecule has 4 nitrogen and oxygen atoms in total. The van der Waals surface area contributed by atoms with E-state index in [4.69, 9.17) is 0 Å². The van der Waals surface area contributed by atoms with E-state index in [-0.39, 0.29) is 6.54 Å². The van der Waals surface area contributed by atoms with Gasteiger partial charge in [0, 0.05) is 0 Å². The number of nitrogens with zero attached hydrogens (tertiary/aromatic N) is 3. The number of alkyl halides is 3. The SMILES string of the molecule is CCC(O)(Cn1cncn1)c1ccc(C(F)(F)F)cc1. The molecular formula is C13H14F3N3O. The lowest BCUT2D eigenvalue weighted by Gasteiger charge is -2.27. The summed E-state index contributed by atoms with van der Waals surface area (Å²) in [6.45, 7) is 1.89. The van der Waals surface area contributed by atoms with Gasteiger partial charge in [0.05, 0.1) is 12.1 Å². The highest BCUT2D eigenvalue weighted by Gasteiger charge is 2.32. The quantitative estimate of drug-likeness (QED) is 0.939. The van der Waals surface area contributed by atoms with Gasteiger partial charge in [-0.1, -0.05) is 19.1 Å². The first-order valence-corrected chi connectivity index (χ1v) is 6.08. The summed E-state index contributed by atoms with van der Waals surface area (Å²) >= 11 is 0. The monoisotopic (exact) mass is 285 g/mol. The van der Waals surface area contributed by atoms with E-state index in [2.05, 4.69) is 10.1 Å². The van der Waals surface area contributed by atoms with E-state index < -0.39 is 17.3 Å². The van der Waals surface area contributed by atoms with Gasteiger partial charge in [0.2, 0.25) is 0 Å². The van der Waals surface area contributed by atoms with E-state index in [1.165, 1.54) is 29.5 Å². The van der Waals surface area contributed by atoms with Crippen LogP contribution in [0.4, 0.5) is 13.2 Å². The van der Waals surface area contributed by atoms with Gasteiger partial charge < -0.3 is 5.11 Å². The minimum absolute atomic E-state index is 0.134. The fourth-order valence-corrected chi connectivity index (χ4v) is 1.96. The second-order valence-electron chi connectivity index (χ2n) is 4.55. The molecule has 0 aliphatic rings. The number of benzene rings is 1. The molecule has 1 aromatic heterocycles. The van der Waals surface area contributed by atoms with Crippen LogP contribution in [0.15, 0.2) is 36.9 Å². The normalized spacial score (nSPS) is 15.1. The summed E-state index contributed by atoms with van der Waals surface area (Å²) in [4.78, 5) is 3.77. The van der Waals surface area contributed by atoms with Crippen molar-refractivity contribution < 1.29 is 18.3 Å². The van der Waals surface area contributed by atoms with Crippen molar-refractivity contribution in [2.45, 2.75) is 31.7 Å². The molecule has 0 amide bonds. The third kappa shape index (κ3) is 2.98. The number of halogens is 3. The average molecular weight is 285 g/mol. The van der Waals surface area contributed by atoms with Gasteiger partial charge in [-0.15, -0.1) is 0 Å². The summed E-state index contributed by atoms with van der Waals surface area (Å²) in [7, 11) is 0. The lowest BCUT2D eigenvalue weighted by atomic mass is 9.90. The van der Waals surface area contributed by atoms with Crippen LogP contribution < -0.4 is 0 Å². The van der Waals surface area contributed by atoms with Crippen LogP contribution in [0.25, 0.3) is 0 Å². The zero-order chi connectivity index (χ0) is 14.8. The summed E-state index contributed by atoms with van der Waals surface area (Å²) in [5, 5.41) is 14.5. The number of aromatic nitrogens is 3. The van der Waals surface area contributed by atoms with Crippen molar-refractivity contribution in [3.63, 3.8) is 0 Å². The Hall–Kier alpha value is -1.89. The van der Waals surface area contributed by atoms with E-state index >= 15 is 0 Å². The highest BCUT2D eigenvalue weighted by Crippen LogP contribution is 2.32. The molecule has 0 aliphatic carbocycles. The molecule has 0 saturated heterocycles. The Labute approximate surface area is 113 Å². The Kier molecular flexibility index (Phi) is 3.80. The van der Waals surface area contributed by atoms with Gasteiger partial charge in [-0.25, -0.2) is 9.67 Å². The van der Waals surface area contributed by atoms with Crippen LogP contribution >= 0.6 is 0 Å². The molecule has 0 fully saturated rings. The molecule has 0 aliphatic heterocycles. The van der Waals surface area contributed by atoms with Gasteiger partial charge in [0.1, 0.15) is 18.3 Å². The Balaban J connectivity index is 2.27. The first-order valence-electron chi connectivity index (χ1n) is 6.08. The largest absolute Gasteiger partial charge is 0.416 e. The summed E-state index contributed by atoms with van der Waals surface area (Å²) in [6.07, 6.45) is -1.25. The van der Waals surface area contributed by atoms with Crippen molar-refractivity contribution in [1.82, 2.24) is 14.8 Å². The molecular weight excluding hydrogens is 271 g/mol. The fourth-order valence-electron chi connectivity index (χ4n) is 1.96. The van der Waals surface area contributed by atoms with Crippen LogP contribution in [-0.2, 0) is 18.3 Å². The highest BCUT2D eigenvalue weighted by atomic mass is 19.4. The van der Waals surface area contributed by atoms with Crippen LogP contribution in [0.3, 0.4) is 0 Å². The molecule has 2 rings (SSSR count). The number of rotatable bonds is 4. The van der Waals surface area contributed by atoms with E-state index in [1.54, 1.807) is 6.92 Å². The van der Waals surface area contributed by atoms with Crippen molar-refractivity contribution in [2.24, 2.45) is 0 Å². The minimum Gasteiger partial charge on any atom is -0.383 e. The maximum atomic E-state index is 12.5. The van der Waals surface area contributed by atoms with Crippen molar-refractivity contribution in [3.8, 4) is 0 Å². The summed E-state index contributed by atoms with van der Waals surface area (Å²) in [6, 6.07) is 4.53. The maximum Gasteiger partial charge on any atom is 0.416 e. The van der Waals surface area contributed by atoms with Crippen LogP contribution in [-0.4, -0.2) is 19.9 Å². The average Bonchev–Trinajstić information content (AvgIpc) is 2.90. The molecule has 1 N–H and O–H groups in total. The van der Waals surface area contributed by atoms with E-state index in [0.717, 1.165) is 12.1 Å². The Morgan fingerprint density at radius 1 is 1.15 bits per heavy atom. The van der Waals surface area contributed by atoms with E-state index in [9.17, 15) is 18.3 Å². The van der Waals surface area contributed by atoms with Gasteiger partial charge in [0.25, 0.3) is 0 Å². The minimum atomic E-state index is -4.38. The first-order chi connectivity index (χ1) is 9.35. The summed E-state index contributed by atoms with van der Waals surface area (Å²) in [5.41, 5.74) is -1.60. The molecule has 1 unspecified atom stereocenters. The lowest BCUT2D eigenvalue weighted by molar-refractivity contribution is -0.137. The molecule has 7 heteroatoms. The molecule has 1 aromatic carbocycles. The Morgan fingerprint density at radius 3 is 2.20 bits per heavy atom. The van der Waals surface area contributed by atoms with Gasteiger partial charge in [-0.2, -0.15) is 18.3 Å². The number of hydrogen-bond donors (Lipinski definition) is 1. The molecule has 0 spiro atoms. The topological polar surface area (TPSA) is 50.9 Å². The third-order valence-corrected chi connectivity index (χ3v) is 3.22. The van der Waals surface area contributed by atoms with Crippen LogP contribution in [0.2, 0.25) is 0 Å². The summed E-state index contributed by atoms with van der Waals surface area (Å²) < 4.78 is 39.0. The van der Waals surface area contributed by atoms with Crippen LogP contribution in [0, 0.1) is 0 Å². The third-order valence-electron chi connectivity index (χ3n) is 3.22. The van der Waals surface area contributed by atoms with Crippen molar-refractivity contribution >= 4 is 0 Å². The van der Waals surface area contributed by atoms with Gasteiger partial charge in [0.15, 0.2) is 0 Å². The second kappa shape index (κ2) is 5.24. The fraction of sp³-hybridized carbons (Fsp3) is 0.385. The van der Waals surface area contributed by atoms with Crippen molar-refractivity contribution in [1.29, 1.82) is 0 Å². The molecule has 2 aromatic rings. The first kappa shape index (κ1) is 14.5. The molecule has 0 bridgehead atoms. The Morgan fingerprint density at radius 2 is 1.75 bits per heavy atom. The highest BCUT2D eigenvalue weighted by molar-refractivity contribution is 5.28.